The fraction of sp³-hybridized carbons (Fsp3) is 0.200. The second-order valence-electron chi connectivity index (χ2n) is 6.28. The Morgan fingerprint density at radius 1 is 1.12 bits per heavy atom. The lowest BCUT2D eigenvalue weighted by Gasteiger charge is -2.16. The smallest absolute Gasteiger partial charge is 0.246 e. The van der Waals surface area contributed by atoms with Crippen LogP contribution in [0.5, 0.6) is 0 Å². The van der Waals surface area contributed by atoms with Crippen LogP contribution in [0.25, 0.3) is 11.5 Å². The maximum atomic E-state index is 12.2. The largest absolute Gasteiger partial charge is 0.329 e. The number of carbonyl (C=O) groups is 1. The van der Waals surface area contributed by atoms with Crippen molar-refractivity contribution in [2.75, 3.05) is 0 Å². The monoisotopic (exact) mass is 332 g/mol. The third-order valence-electron chi connectivity index (χ3n) is 4.48. The first-order valence-corrected chi connectivity index (χ1v) is 8.40. The van der Waals surface area contributed by atoms with Gasteiger partial charge in [-0.15, -0.1) is 0 Å². The van der Waals surface area contributed by atoms with Crippen LogP contribution >= 0.6 is 0 Å². The van der Waals surface area contributed by atoms with Crippen LogP contribution in [-0.2, 0) is 17.9 Å². The molecule has 4 rings (SSSR count). The van der Waals surface area contributed by atoms with E-state index in [0.29, 0.717) is 13.1 Å². The summed E-state index contributed by atoms with van der Waals surface area (Å²) in [5, 5.41) is 4.82. The summed E-state index contributed by atoms with van der Waals surface area (Å²) in [4.78, 5) is 14.0. The molecule has 0 N–H and O–H groups in total. The molecule has 2 aromatic heterocycles. The average molecular weight is 332 g/mol. The highest BCUT2D eigenvalue weighted by molar-refractivity contribution is 5.88. The summed E-state index contributed by atoms with van der Waals surface area (Å²) >= 11 is 0. The molecule has 0 unspecified atom stereocenters. The van der Waals surface area contributed by atoms with Gasteiger partial charge in [-0.2, -0.15) is 5.10 Å². The van der Waals surface area contributed by atoms with Gasteiger partial charge in [0.25, 0.3) is 0 Å². The number of nitrogens with zero attached hydrogens (tertiary/aromatic N) is 4. The number of hydrogen-bond acceptors (Lipinski definition) is 2. The Balaban J connectivity index is 1.80. The standard InChI is InChI=1S/C20H20N4O/c1-3-6-19(25)23-13-17-18(14-23)21-24(16-9-7-15(2)8-10-16)20(17)22-11-4-5-12-22/h3-12H,13-14H2,1-2H3/b6-3+. The van der Waals surface area contributed by atoms with E-state index in [-0.39, 0.29) is 5.91 Å². The number of aryl methyl sites for hydroxylation is 1. The highest BCUT2D eigenvalue weighted by atomic mass is 16.2. The minimum atomic E-state index is 0.0286. The number of hydrogen-bond donors (Lipinski definition) is 0. The van der Waals surface area contributed by atoms with Crippen LogP contribution in [0.4, 0.5) is 0 Å². The lowest BCUT2D eigenvalue weighted by atomic mass is 10.2. The van der Waals surface area contributed by atoms with Crippen molar-refractivity contribution < 1.29 is 4.79 Å². The lowest BCUT2D eigenvalue weighted by molar-refractivity contribution is -0.126. The zero-order chi connectivity index (χ0) is 17.4. The Labute approximate surface area is 146 Å². The molecule has 0 atom stereocenters. The molecule has 3 aromatic rings. The predicted molar refractivity (Wildman–Crippen MR) is 96.7 cm³/mol. The van der Waals surface area contributed by atoms with E-state index < -0.39 is 0 Å². The molecule has 25 heavy (non-hydrogen) atoms. The van der Waals surface area contributed by atoms with Crippen LogP contribution in [0, 0.1) is 6.92 Å². The first-order chi connectivity index (χ1) is 12.2. The fourth-order valence-corrected chi connectivity index (χ4v) is 3.21. The van der Waals surface area contributed by atoms with E-state index in [2.05, 4.69) is 35.8 Å². The van der Waals surface area contributed by atoms with Crippen molar-refractivity contribution in [3.8, 4) is 11.5 Å². The van der Waals surface area contributed by atoms with E-state index in [9.17, 15) is 4.79 Å². The Morgan fingerprint density at radius 2 is 1.84 bits per heavy atom. The number of fused-ring (bicyclic) bond motifs is 1. The van der Waals surface area contributed by atoms with Crippen LogP contribution in [0.1, 0.15) is 23.7 Å². The summed E-state index contributed by atoms with van der Waals surface area (Å²) in [7, 11) is 0. The first kappa shape index (κ1) is 15.4. The number of allylic oxidation sites excluding steroid dienone is 1. The van der Waals surface area contributed by atoms with Gasteiger partial charge in [0, 0.05) is 18.0 Å². The molecule has 1 aromatic carbocycles. The molecule has 0 bridgehead atoms. The van der Waals surface area contributed by atoms with Crippen molar-refractivity contribution >= 4 is 5.91 Å². The highest BCUT2D eigenvalue weighted by Gasteiger charge is 2.30. The Kier molecular flexibility index (Phi) is 3.76. The molecule has 0 aliphatic carbocycles. The van der Waals surface area contributed by atoms with Gasteiger partial charge in [-0.25, -0.2) is 4.68 Å². The van der Waals surface area contributed by atoms with Gasteiger partial charge in [-0.05, 0) is 44.2 Å². The van der Waals surface area contributed by atoms with Crippen LogP contribution in [0.15, 0.2) is 60.9 Å². The van der Waals surface area contributed by atoms with Crippen molar-refractivity contribution in [3.63, 3.8) is 0 Å². The third kappa shape index (κ3) is 2.67. The van der Waals surface area contributed by atoms with E-state index in [0.717, 1.165) is 22.8 Å². The molecule has 0 fully saturated rings. The van der Waals surface area contributed by atoms with Crippen molar-refractivity contribution in [1.82, 2.24) is 19.2 Å². The van der Waals surface area contributed by atoms with Crippen LogP contribution in [0.3, 0.4) is 0 Å². The average Bonchev–Trinajstić information content (AvgIpc) is 3.31. The predicted octanol–water partition coefficient (Wildman–Crippen LogP) is 3.39. The minimum absolute atomic E-state index is 0.0286. The minimum Gasteiger partial charge on any atom is -0.329 e. The molecule has 5 heteroatoms. The van der Waals surface area contributed by atoms with E-state index >= 15 is 0 Å². The zero-order valence-corrected chi connectivity index (χ0v) is 14.4. The maximum absolute atomic E-state index is 12.2. The number of benzene rings is 1. The van der Waals surface area contributed by atoms with E-state index in [4.69, 9.17) is 5.10 Å². The molecule has 0 saturated carbocycles. The molecule has 1 aliphatic rings. The molecule has 0 radical (unpaired) electrons. The van der Waals surface area contributed by atoms with Gasteiger partial charge in [-0.1, -0.05) is 23.8 Å². The number of aromatic nitrogens is 3. The molecule has 0 spiro atoms. The number of carbonyl (C=O) groups excluding carboxylic acids is 1. The summed E-state index contributed by atoms with van der Waals surface area (Å²) in [5.74, 6) is 1.03. The lowest BCUT2D eigenvalue weighted by Crippen LogP contribution is -2.24. The summed E-state index contributed by atoms with van der Waals surface area (Å²) in [5.41, 5.74) is 4.31. The van der Waals surface area contributed by atoms with Crippen LogP contribution in [0.2, 0.25) is 0 Å². The molecule has 0 saturated heterocycles. The quantitative estimate of drug-likeness (QED) is 0.690. The van der Waals surface area contributed by atoms with Gasteiger partial charge >= 0.3 is 0 Å². The summed E-state index contributed by atoms with van der Waals surface area (Å²) < 4.78 is 4.04. The molecule has 5 nitrogen and oxygen atoms in total. The van der Waals surface area contributed by atoms with Gasteiger partial charge in [0.2, 0.25) is 5.91 Å². The van der Waals surface area contributed by atoms with Crippen molar-refractivity contribution in [2.45, 2.75) is 26.9 Å². The molecular formula is C20H20N4O. The normalized spacial score (nSPS) is 13.6. The number of rotatable bonds is 3. The Hall–Kier alpha value is -3.08. The van der Waals surface area contributed by atoms with Crippen LogP contribution in [-0.4, -0.2) is 25.2 Å². The van der Waals surface area contributed by atoms with Gasteiger partial charge in [-0.3, -0.25) is 4.79 Å². The second-order valence-corrected chi connectivity index (χ2v) is 6.28. The van der Waals surface area contributed by atoms with Crippen LogP contribution < -0.4 is 0 Å². The van der Waals surface area contributed by atoms with Crippen molar-refractivity contribution in [2.24, 2.45) is 0 Å². The Bertz CT molecular complexity index is 933. The van der Waals surface area contributed by atoms with Gasteiger partial charge < -0.3 is 9.47 Å². The first-order valence-electron chi connectivity index (χ1n) is 8.40. The summed E-state index contributed by atoms with van der Waals surface area (Å²) in [6.07, 6.45) is 7.41. The molecular weight excluding hydrogens is 312 g/mol. The number of amides is 1. The SMILES string of the molecule is C/C=C/C(=O)N1Cc2nn(-c3ccc(C)cc3)c(-n3cccc3)c2C1. The van der Waals surface area contributed by atoms with Gasteiger partial charge in [0.05, 0.1) is 24.5 Å². The molecule has 126 valence electrons. The van der Waals surface area contributed by atoms with Gasteiger partial charge in [0.15, 0.2) is 0 Å². The van der Waals surface area contributed by atoms with Crippen molar-refractivity contribution in [3.05, 3.63) is 77.8 Å². The Morgan fingerprint density at radius 3 is 2.52 bits per heavy atom. The molecule has 1 amide bonds. The summed E-state index contributed by atoms with van der Waals surface area (Å²) in [6.45, 7) is 5.06. The van der Waals surface area contributed by atoms with E-state index in [1.165, 1.54) is 5.56 Å². The third-order valence-corrected chi connectivity index (χ3v) is 4.48. The van der Waals surface area contributed by atoms with E-state index in [1.807, 2.05) is 41.0 Å². The second kappa shape index (κ2) is 6.09. The molecule has 3 heterocycles. The van der Waals surface area contributed by atoms with E-state index in [1.54, 1.807) is 12.2 Å². The summed E-state index contributed by atoms with van der Waals surface area (Å²) in [6, 6.07) is 12.3. The molecule has 1 aliphatic heterocycles. The maximum Gasteiger partial charge on any atom is 0.246 e. The van der Waals surface area contributed by atoms with Crippen molar-refractivity contribution in [1.29, 1.82) is 0 Å². The highest BCUT2D eigenvalue weighted by Crippen LogP contribution is 2.30. The fourth-order valence-electron chi connectivity index (χ4n) is 3.21. The van der Waals surface area contributed by atoms with Gasteiger partial charge in [0.1, 0.15) is 5.82 Å². The zero-order valence-electron chi connectivity index (χ0n) is 14.4. The topological polar surface area (TPSA) is 43.1 Å².